The first-order valence-corrected chi connectivity index (χ1v) is 9.30. The zero-order chi connectivity index (χ0) is 18.8. The zero-order valence-electron chi connectivity index (χ0n) is 15.3. The van der Waals surface area contributed by atoms with Gasteiger partial charge >= 0.3 is 0 Å². The van der Waals surface area contributed by atoms with Gasteiger partial charge in [0.05, 0.1) is 10.6 Å². The number of nitrogens with one attached hydrogen (secondary N) is 2. The van der Waals surface area contributed by atoms with E-state index in [1.54, 1.807) is 0 Å². The van der Waals surface area contributed by atoms with Crippen LogP contribution < -0.4 is 5.32 Å². The summed E-state index contributed by atoms with van der Waals surface area (Å²) in [6, 6.07) is 9.97. The van der Waals surface area contributed by atoms with Crippen LogP contribution in [-0.4, -0.2) is 21.7 Å². The van der Waals surface area contributed by atoms with Crippen LogP contribution >= 0.6 is 11.3 Å². The third kappa shape index (κ3) is 3.32. The van der Waals surface area contributed by atoms with Gasteiger partial charge in [-0.2, -0.15) is 0 Å². The summed E-state index contributed by atoms with van der Waals surface area (Å²) in [6.07, 6.45) is 0.605. The number of Topliss-reactive ketones (excluding diaryl/α,β-unsaturated/α-hetero) is 1. The maximum Gasteiger partial charge on any atom is 0.274 e. The van der Waals surface area contributed by atoms with Crippen LogP contribution in [0.5, 0.6) is 0 Å². The van der Waals surface area contributed by atoms with Gasteiger partial charge in [0.1, 0.15) is 5.69 Å². The van der Waals surface area contributed by atoms with E-state index in [0.717, 1.165) is 27.4 Å². The van der Waals surface area contributed by atoms with E-state index in [1.807, 2.05) is 51.1 Å². The standard InChI is InChI=1S/C20H21N3O2S/c1-5-15-16(13(4)24)11(2)21-17(15)19(25)23-20-22-12(3)18(26-20)14-9-7-6-8-10-14/h6-10,21H,5H2,1-4H3,(H,22,23,25). The van der Waals surface area contributed by atoms with Gasteiger partial charge in [-0.3, -0.25) is 14.9 Å². The number of hydrogen-bond acceptors (Lipinski definition) is 4. The van der Waals surface area contributed by atoms with Crippen molar-refractivity contribution in [2.45, 2.75) is 34.1 Å². The fourth-order valence-corrected chi connectivity index (χ4v) is 4.13. The molecule has 0 aliphatic carbocycles. The number of rotatable bonds is 5. The second-order valence-corrected chi connectivity index (χ2v) is 7.14. The van der Waals surface area contributed by atoms with Crippen LogP contribution in [0.15, 0.2) is 30.3 Å². The van der Waals surface area contributed by atoms with Crippen LogP contribution in [0.25, 0.3) is 10.4 Å². The van der Waals surface area contributed by atoms with Gasteiger partial charge in [0, 0.05) is 11.3 Å². The molecule has 0 bridgehead atoms. The molecule has 0 fully saturated rings. The Morgan fingerprint density at radius 1 is 1.19 bits per heavy atom. The third-order valence-electron chi connectivity index (χ3n) is 4.28. The molecule has 0 aliphatic rings. The van der Waals surface area contributed by atoms with Gasteiger partial charge in [-0.1, -0.05) is 48.6 Å². The van der Waals surface area contributed by atoms with Crippen LogP contribution in [0.4, 0.5) is 5.13 Å². The van der Waals surface area contributed by atoms with Gasteiger partial charge in [0.25, 0.3) is 5.91 Å². The topological polar surface area (TPSA) is 74.8 Å². The number of amides is 1. The maximum atomic E-state index is 12.8. The van der Waals surface area contributed by atoms with Gasteiger partial charge in [-0.05, 0) is 38.3 Å². The predicted octanol–water partition coefficient (Wildman–Crippen LogP) is 4.77. The molecule has 134 valence electrons. The van der Waals surface area contributed by atoms with Crippen molar-refractivity contribution in [2.24, 2.45) is 0 Å². The van der Waals surface area contributed by atoms with E-state index in [4.69, 9.17) is 0 Å². The van der Waals surface area contributed by atoms with Gasteiger partial charge in [-0.25, -0.2) is 4.98 Å². The summed E-state index contributed by atoms with van der Waals surface area (Å²) >= 11 is 1.44. The molecule has 26 heavy (non-hydrogen) atoms. The number of anilines is 1. The third-order valence-corrected chi connectivity index (χ3v) is 5.40. The Balaban J connectivity index is 1.90. The van der Waals surface area contributed by atoms with Gasteiger partial charge in [-0.15, -0.1) is 0 Å². The van der Waals surface area contributed by atoms with E-state index in [0.29, 0.717) is 22.8 Å². The van der Waals surface area contributed by atoms with E-state index in [-0.39, 0.29) is 11.7 Å². The number of benzene rings is 1. The second kappa shape index (κ2) is 7.25. The molecule has 1 amide bonds. The summed E-state index contributed by atoms with van der Waals surface area (Å²) in [5, 5.41) is 3.42. The SMILES string of the molecule is CCc1c(C(=O)Nc2nc(C)c(-c3ccccc3)s2)[nH]c(C)c1C(C)=O. The summed E-state index contributed by atoms with van der Waals surface area (Å²) in [6.45, 7) is 7.20. The number of thiazole rings is 1. The van der Waals surface area contributed by atoms with Crippen LogP contribution in [0, 0.1) is 13.8 Å². The number of aromatic nitrogens is 2. The highest BCUT2D eigenvalue weighted by Gasteiger charge is 2.22. The molecule has 2 aromatic heterocycles. The quantitative estimate of drug-likeness (QED) is 0.638. The molecular formula is C20H21N3O2S. The van der Waals surface area contributed by atoms with Crippen molar-refractivity contribution < 1.29 is 9.59 Å². The molecule has 0 saturated carbocycles. The normalized spacial score (nSPS) is 10.8. The number of nitrogens with zero attached hydrogens (tertiary/aromatic N) is 1. The number of aryl methyl sites for hydroxylation is 2. The number of aromatic amines is 1. The summed E-state index contributed by atoms with van der Waals surface area (Å²) in [7, 11) is 0. The fraction of sp³-hybridized carbons (Fsp3) is 0.250. The first-order chi connectivity index (χ1) is 12.4. The average molecular weight is 367 g/mol. The van der Waals surface area contributed by atoms with E-state index >= 15 is 0 Å². The van der Waals surface area contributed by atoms with Crippen molar-refractivity contribution in [3.05, 3.63) is 58.5 Å². The van der Waals surface area contributed by atoms with Gasteiger partial charge in [0.15, 0.2) is 10.9 Å². The largest absolute Gasteiger partial charge is 0.354 e. The second-order valence-electron chi connectivity index (χ2n) is 6.14. The zero-order valence-corrected chi connectivity index (χ0v) is 16.1. The summed E-state index contributed by atoms with van der Waals surface area (Å²) in [4.78, 5) is 33.2. The summed E-state index contributed by atoms with van der Waals surface area (Å²) < 4.78 is 0. The lowest BCUT2D eigenvalue weighted by Gasteiger charge is -2.03. The van der Waals surface area contributed by atoms with E-state index in [9.17, 15) is 9.59 Å². The maximum absolute atomic E-state index is 12.8. The fourth-order valence-electron chi connectivity index (χ4n) is 3.17. The van der Waals surface area contributed by atoms with Crippen molar-refractivity contribution in [2.75, 3.05) is 5.32 Å². The molecule has 0 aliphatic heterocycles. The Morgan fingerprint density at radius 3 is 2.50 bits per heavy atom. The van der Waals surface area contributed by atoms with Crippen LogP contribution in [-0.2, 0) is 6.42 Å². The Morgan fingerprint density at radius 2 is 1.88 bits per heavy atom. The molecule has 3 aromatic rings. The van der Waals surface area contributed by atoms with Crippen molar-refractivity contribution in [3.8, 4) is 10.4 Å². The number of H-pyrrole nitrogens is 1. The Kier molecular flexibility index (Phi) is 5.04. The number of carbonyl (C=O) groups excluding carboxylic acids is 2. The van der Waals surface area contributed by atoms with Crippen molar-refractivity contribution in [1.82, 2.24) is 9.97 Å². The highest BCUT2D eigenvalue weighted by molar-refractivity contribution is 7.19. The summed E-state index contributed by atoms with van der Waals surface area (Å²) in [5.41, 5.74) is 4.47. The highest BCUT2D eigenvalue weighted by atomic mass is 32.1. The molecule has 3 rings (SSSR count). The monoisotopic (exact) mass is 367 g/mol. The average Bonchev–Trinajstić information content (AvgIpc) is 3.15. The number of hydrogen-bond donors (Lipinski definition) is 2. The number of carbonyl (C=O) groups is 2. The van der Waals surface area contributed by atoms with E-state index < -0.39 is 0 Å². The predicted molar refractivity (Wildman–Crippen MR) is 105 cm³/mol. The molecule has 1 aromatic carbocycles. The first kappa shape index (κ1) is 18.1. The Labute approximate surface area is 156 Å². The smallest absolute Gasteiger partial charge is 0.274 e. The van der Waals surface area contributed by atoms with Crippen LogP contribution in [0.1, 0.15) is 51.6 Å². The van der Waals surface area contributed by atoms with E-state index in [2.05, 4.69) is 15.3 Å². The number of ketones is 1. The summed E-state index contributed by atoms with van der Waals surface area (Å²) in [5.74, 6) is -0.308. The lowest BCUT2D eigenvalue weighted by Crippen LogP contribution is -2.14. The minimum absolute atomic E-state index is 0.0360. The molecule has 5 nitrogen and oxygen atoms in total. The molecule has 0 unspecified atom stereocenters. The molecular weight excluding hydrogens is 346 g/mol. The van der Waals surface area contributed by atoms with Crippen LogP contribution in [0.3, 0.4) is 0 Å². The van der Waals surface area contributed by atoms with E-state index in [1.165, 1.54) is 18.3 Å². The molecule has 0 saturated heterocycles. The Bertz CT molecular complexity index is 971. The van der Waals surface area contributed by atoms with Crippen molar-refractivity contribution >= 4 is 28.2 Å². The highest BCUT2D eigenvalue weighted by Crippen LogP contribution is 2.33. The Hall–Kier alpha value is -2.73. The van der Waals surface area contributed by atoms with Crippen molar-refractivity contribution in [1.29, 1.82) is 0 Å². The minimum atomic E-state index is -0.272. The molecule has 6 heteroatoms. The lowest BCUT2D eigenvalue weighted by molar-refractivity contribution is 0.101. The molecule has 0 radical (unpaired) electrons. The molecule has 2 N–H and O–H groups in total. The first-order valence-electron chi connectivity index (χ1n) is 8.49. The molecule has 0 atom stereocenters. The van der Waals surface area contributed by atoms with Gasteiger partial charge in [0.2, 0.25) is 0 Å². The van der Waals surface area contributed by atoms with Crippen LogP contribution in [0.2, 0.25) is 0 Å². The molecule has 2 heterocycles. The van der Waals surface area contributed by atoms with Gasteiger partial charge < -0.3 is 4.98 Å². The minimum Gasteiger partial charge on any atom is -0.354 e. The lowest BCUT2D eigenvalue weighted by atomic mass is 10.0. The molecule has 0 spiro atoms. The van der Waals surface area contributed by atoms with Crippen molar-refractivity contribution in [3.63, 3.8) is 0 Å².